The maximum Gasteiger partial charge on any atom is 0.180 e. The van der Waals surface area contributed by atoms with Crippen LogP contribution < -0.4 is 9.80 Å². The second kappa shape index (κ2) is 7.88. The van der Waals surface area contributed by atoms with Crippen molar-refractivity contribution in [2.45, 2.75) is 32.7 Å². The van der Waals surface area contributed by atoms with Crippen LogP contribution in [0.1, 0.15) is 24.1 Å². The summed E-state index contributed by atoms with van der Waals surface area (Å²) in [6.45, 7) is 6.05. The molecule has 1 aliphatic heterocycles. The fourth-order valence-electron chi connectivity index (χ4n) is 3.66. The number of hydrogen-bond acceptors (Lipinski definition) is 7. The van der Waals surface area contributed by atoms with Gasteiger partial charge in [-0.2, -0.15) is 5.10 Å². The van der Waals surface area contributed by atoms with Gasteiger partial charge in [0, 0.05) is 49.8 Å². The molecule has 28 heavy (non-hydrogen) atoms. The number of aromatic nitrogens is 5. The first-order valence-corrected chi connectivity index (χ1v) is 9.65. The van der Waals surface area contributed by atoms with Gasteiger partial charge in [-0.1, -0.05) is 6.07 Å². The lowest BCUT2D eigenvalue weighted by Crippen LogP contribution is -2.44. The molecule has 0 bridgehead atoms. The van der Waals surface area contributed by atoms with Gasteiger partial charge in [0.15, 0.2) is 11.6 Å². The first-order valence-electron chi connectivity index (χ1n) is 9.65. The quantitative estimate of drug-likeness (QED) is 0.694. The summed E-state index contributed by atoms with van der Waals surface area (Å²) < 4.78 is 0. The molecule has 0 unspecified atom stereocenters. The van der Waals surface area contributed by atoms with Crippen LogP contribution in [0.3, 0.4) is 0 Å². The van der Waals surface area contributed by atoms with E-state index in [0.29, 0.717) is 11.9 Å². The molecule has 0 saturated carbocycles. The van der Waals surface area contributed by atoms with E-state index in [1.165, 1.54) is 0 Å². The fraction of sp³-hybridized carbons (Fsp3) is 0.381. The van der Waals surface area contributed by atoms with Crippen LogP contribution in [0.15, 0.2) is 42.7 Å². The molecular formula is C21H25N7. The van der Waals surface area contributed by atoms with Crippen LogP contribution >= 0.6 is 0 Å². The zero-order valence-electron chi connectivity index (χ0n) is 16.6. The van der Waals surface area contributed by atoms with Crippen molar-refractivity contribution in [2.75, 3.05) is 29.9 Å². The lowest BCUT2D eigenvalue weighted by Gasteiger charge is -2.38. The van der Waals surface area contributed by atoms with Crippen LogP contribution in [0.5, 0.6) is 0 Å². The molecule has 0 aromatic carbocycles. The number of piperidine rings is 1. The Kier molecular flexibility index (Phi) is 5.14. The standard InChI is InChI=1S/C21H25N7/c1-15-16(2)24-20(18-7-4-5-11-22-18)25-21(15)28-13-9-17(10-14-28)27(3)19-8-6-12-23-26-19/h4-8,11-12,17H,9-10,13-14H2,1-3H3. The Balaban J connectivity index is 1.52. The van der Waals surface area contributed by atoms with E-state index in [4.69, 9.17) is 4.98 Å². The Morgan fingerprint density at radius 3 is 2.50 bits per heavy atom. The monoisotopic (exact) mass is 375 g/mol. The molecule has 1 saturated heterocycles. The van der Waals surface area contributed by atoms with Crippen molar-refractivity contribution >= 4 is 11.6 Å². The van der Waals surface area contributed by atoms with Crippen LogP contribution in [0.25, 0.3) is 11.5 Å². The van der Waals surface area contributed by atoms with Gasteiger partial charge in [-0.15, -0.1) is 5.10 Å². The van der Waals surface area contributed by atoms with Crippen molar-refractivity contribution in [3.8, 4) is 11.5 Å². The fourth-order valence-corrected chi connectivity index (χ4v) is 3.66. The molecular weight excluding hydrogens is 350 g/mol. The number of rotatable bonds is 4. The normalized spacial score (nSPS) is 14.9. The van der Waals surface area contributed by atoms with Crippen LogP contribution in [0.4, 0.5) is 11.6 Å². The highest BCUT2D eigenvalue weighted by Gasteiger charge is 2.26. The van der Waals surface area contributed by atoms with Crippen molar-refractivity contribution < 1.29 is 0 Å². The van der Waals surface area contributed by atoms with Gasteiger partial charge in [0.1, 0.15) is 11.5 Å². The molecule has 144 valence electrons. The van der Waals surface area contributed by atoms with Gasteiger partial charge in [-0.25, -0.2) is 9.97 Å². The molecule has 0 aliphatic carbocycles. The summed E-state index contributed by atoms with van der Waals surface area (Å²) in [6.07, 6.45) is 5.59. The number of pyridine rings is 1. The third kappa shape index (κ3) is 3.65. The van der Waals surface area contributed by atoms with Crippen molar-refractivity contribution in [2.24, 2.45) is 0 Å². The smallest absolute Gasteiger partial charge is 0.180 e. The van der Waals surface area contributed by atoms with Gasteiger partial charge in [-0.05, 0) is 51.0 Å². The minimum absolute atomic E-state index is 0.450. The van der Waals surface area contributed by atoms with Crippen LogP contribution in [-0.4, -0.2) is 51.3 Å². The van der Waals surface area contributed by atoms with E-state index in [9.17, 15) is 0 Å². The second-order valence-electron chi connectivity index (χ2n) is 7.21. The van der Waals surface area contributed by atoms with Crippen LogP contribution in [0.2, 0.25) is 0 Å². The molecule has 7 nitrogen and oxygen atoms in total. The number of aryl methyl sites for hydroxylation is 1. The van der Waals surface area contributed by atoms with Gasteiger partial charge in [-0.3, -0.25) is 4.98 Å². The Morgan fingerprint density at radius 2 is 1.82 bits per heavy atom. The average Bonchev–Trinajstić information content (AvgIpc) is 2.76. The Labute approximate surface area is 165 Å². The maximum absolute atomic E-state index is 4.87. The largest absolute Gasteiger partial charge is 0.356 e. The minimum atomic E-state index is 0.450. The molecule has 1 aliphatic rings. The van der Waals surface area contributed by atoms with Gasteiger partial charge < -0.3 is 9.80 Å². The first kappa shape index (κ1) is 18.3. The van der Waals surface area contributed by atoms with Crippen molar-refractivity contribution in [3.05, 3.63) is 54.0 Å². The summed E-state index contributed by atoms with van der Waals surface area (Å²) in [6, 6.07) is 10.2. The zero-order valence-corrected chi connectivity index (χ0v) is 16.6. The molecule has 0 radical (unpaired) electrons. The summed E-state index contributed by atoms with van der Waals surface area (Å²) in [5.74, 6) is 2.64. The number of anilines is 2. The van der Waals surface area contributed by atoms with E-state index in [0.717, 1.165) is 54.5 Å². The molecule has 0 spiro atoms. The van der Waals surface area contributed by atoms with Crippen LogP contribution in [-0.2, 0) is 0 Å². The van der Waals surface area contributed by atoms with Crippen molar-refractivity contribution in [3.63, 3.8) is 0 Å². The van der Waals surface area contributed by atoms with Crippen molar-refractivity contribution in [1.82, 2.24) is 25.1 Å². The lowest BCUT2D eigenvalue weighted by molar-refractivity contribution is 0.476. The average molecular weight is 375 g/mol. The molecule has 3 aromatic heterocycles. The minimum Gasteiger partial charge on any atom is -0.356 e. The highest BCUT2D eigenvalue weighted by Crippen LogP contribution is 2.28. The first-order chi connectivity index (χ1) is 13.6. The predicted molar refractivity (Wildman–Crippen MR) is 110 cm³/mol. The van der Waals surface area contributed by atoms with E-state index in [1.807, 2.05) is 37.3 Å². The summed E-state index contributed by atoms with van der Waals surface area (Å²) in [7, 11) is 2.10. The SMILES string of the molecule is Cc1nc(-c2ccccn2)nc(N2CCC(N(C)c3cccnn3)CC2)c1C. The molecule has 4 rings (SSSR count). The number of nitrogens with zero attached hydrogens (tertiary/aromatic N) is 7. The van der Waals surface area contributed by atoms with Gasteiger partial charge >= 0.3 is 0 Å². The van der Waals surface area contributed by atoms with E-state index in [2.05, 4.69) is 43.9 Å². The molecule has 3 aromatic rings. The molecule has 0 N–H and O–H groups in total. The van der Waals surface area contributed by atoms with Crippen LogP contribution in [0, 0.1) is 13.8 Å². The zero-order chi connectivity index (χ0) is 19.5. The van der Waals surface area contributed by atoms with Gasteiger partial charge in [0.2, 0.25) is 0 Å². The van der Waals surface area contributed by atoms with E-state index in [1.54, 1.807) is 12.4 Å². The molecule has 0 amide bonds. The Bertz CT molecular complexity index is 922. The molecule has 7 heteroatoms. The van der Waals surface area contributed by atoms with E-state index < -0.39 is 0 Å². The van der Waals surface area contributed by atoms with Gasteiger partial charge in [0.25, 0.3) is 0 Å². The highest BCUT2D eigenvalue weighted by atomic mass is 15.3. The molecule has 4 heterocycles. The van der Waals surface area contributed by atoms with E-state index in [-0.39, 0.29) is 0 Å². The highest BCUT2D eigenvalue weighted by molar-refractivity contribution is 5.57. The maximum atomic E-state index is 4.87. The van der Waals surface area contributed by atoms with Crippen molar-refractivity contribution in [1.29, 1.82) is 0 Å². The Hall–Kier alpha value is -3.09. The summed E-state index contributed by atoms with van der Waals surface area (Å²) in [4.78, 5) is 18.6. The lowest BCUT2D eigenvalue weighted by atomic mass is 10.0. The second-order valence-corrected chi connectivity index (χ2v) is 7.21. The topological polar surface area (TPSA) is 70.9 Å². The molecule has 0 atom stereocenters. The summed E-state index contributed by atoms with van der Waals surface area (Å²) in [5.41, 5.74) is 2.95. The summed E-state index contributed by atoms with van der Waals surface area (Å²) in [5, 5.41) is 8.23. The third-order valence-corrected chi connectivity index (χ3v) is 5.49. The Morgan fingerprint density at radius 1 is 1.00 bits per heavy atom. The predicted octanol–water partition coefficient (Wildman–Crippen LogP) is 3.05. The summed E-state index contributed by atoms with van der Waals surface area (Å²) >= 11 is 0. The van der Waals surface area contributed by atoms with E-state index >= 15 is 0 Å². The van der Waals surface area contributed by atoms with Gasteiger partial charge in [0.05, 0.1) is 0 Å². The number of hydrogen-bond donors (Lipinski definition) is 0. The third-order valence-electron chi connectivity index (χ3n) is 5.49. The molecule has 1 fully saturated rings.